The second-order valence-electron chi connectivity index (χ2n) is 9.16. The Hall–Kier alpha value is -2.94. The van der Waals surface area contributed by atoms with E-state index < -0.39 is 5.69 Å². The second-order valence-corrected chi connectivity index (χ2v) is 10.1. The molecule has 9 heteroatoms. The summed E-state index contributed by atoms with van der Waals surface area (Å²) in [5.74, 6) is 0.0645. The first-order valence-corrected chi connectivity index (χ1v) is 12.4. The van der Waals surface area contributed by atoms with Crippen LogP contribution in [0.25, 0.3) is 10.3 Å². The molecule has 176 valence electrons. The molecule has 8 nitrogen and oxygen atoms in total. The van der Waals surface area contributed by atoms with Gasteiger partial charge in [-0.3, -0.25) is 18.7 Å². The Bertz CT molecular complexity index is 1260. The van der Waals surface area contributed by atoms with Crippen molar-refractivity contribution in [1.82, 2.24) is 14.1 Å². The van der Waals surface area contributed by atoms with Crippen molar-refractivity contribution in [2.45, 2.75) is 65.5 Å². The van der Waals surface area contributed by atoms with Gasteiger partial charge in [0.15, 0.2) is 10.8 Å². The first-order chi connectivity index (χ1) is 15.8. The summed E-state index contributed by atoms with van der Waals surface area (Å²) in [4.78, 5) is 46.0. The maximum atomic E-state index is 13.2. The molecule has 0 bridgehead atoms. The highest BCUT2D eigenvalue weighted by Gasteiger charge is 2.23. The predicted octanol–water partition coefficient (Wildman–Crippen LogP) is 3.95. The average Bonchev–Trinajstić information content (AvgIpc) is 3.23. The zero-order chi connectivity index (χ0) is 23.7. The van der Waals surface area contributed by atoms with Crippen molar-refractivity contribution < 1.29 is 4.79 Å². The molecule has 0 aliphatic carbocycles. The van der Waals surface area contributed by atoms with E-state index in [1.54, 1.807) is 13.8 Å². The normalized spacial score (nSPS) is 14.4. The molecule has 1 saturated heterocycles. The zero-order valence-corrected chi connectivity index (χ0v) is 20.4. The molecule has 0 saturated carbocycles. The molecule has 1 N–H and O–H groups in total. The molecule has 33 heavy (non-hydrogen) atoms. The molecule has 1 amide bonds. The summed E-state index contributed by atoms with van der Waals surface area (Å²) >= 11 is 1.31. The third-order valence-electron chi connectivity index (χ3n) is 6.01. The molecule has 0 radical (unpaired) electrons. The highest BCUT2D eigenvalue weighted by atomic mass is 32.1. The molecule has 1 aliphatic rings. The number of hydrogen-bond acceptors (Lipinski definition) is 6. The molecule has 3 heterocycles. The molecule has 1 aromatic carbocycles. The molecule has 0 spiro atoms. The maximum absolute atomic E-state index is 13.2. The summed E-state index contributed by atoms with van der Waals surface area (Å²) in [5, 5.41) is 3.60. The number of carbonyl (C=O) groups is 1. The van der Waals surface area contributed by atoms with E-state index in [-0.39, 0.29) is 29.7 Å². The van der Waals surface area contributed by atoms with E-state index in [9.17, 15) is 14.4 Å². The van der Waals surface area contributed by atoms with Gasteiger partial charge in [-0.05, 0) is 56.7 Å². The summed E-state index contributed by atoms with van der Waals surface area (Å²) in [5.41, 5.74) is 1.29. The van der Waals surface area contributed by atoms with E-state index >= 15 is 0 Å². The van der Waals surface area contributed by atoms with Crippen LogP contribution in [0.4, 0.5) is 10.8 Å². The van der Waals surface area contributed by atoms with E-state index in [1.807, 2.05) is 24.3 Å². The van der Waals surface area contributed by atoms with Crippen LogP contribution in [-0.2, 0) is 11.3 Å². The van der Waals surface area contributed by atoms with Gasteiger partial charge in [-0.2, -0.15) is 0 Å². The van der Waals surface area contributed by atoms with Crippen LogP contribution in [0, 0.1) is 0 Å². The molecule has 0 atom stereocenters. The Labute approximate surface area is 196 Å². The van der Waals surface area contributed by atoms with Crippen molar-refractivity contribution >= 4 is 38.4 Å². The van der Waals surface area contributed by atoms with Gasteiger partial charge in [-0.1, -0.05) is 37.3 Å². The lowest BCUT2D eigenvalue weighted by Gasteiger charge is -2.25. The highest BCUT2D eigenvalue weighted by Crippen LogP contribution is 2.28. The molecule has 1 aliphatic heterocycles. The van der Waals surface area contributed by atoms with Crippen molar-refractivity contribution in [3.63, 3.8) is 0 Å². The predicted molar refractivity (Wildman–Crippen MR) is 134 cm³/mol. The quantitative estimate of drug-likeness (QED) is 0.590. The summed E-state index contributed by atoms with van der Waals surface area (Å²) in [6.07, 6.45) is 3.35. The van der Waals surface area contributed by atoms with Crippen molar-refractivity contribution in [3.8, 4) is 0 Å². The van der Waals surface area contributed by atoms with Crippen LogP contribution in [0.1, 0.15) is 64.5 Å². The van der Waals surface area contributed by atoms with E-state index in [1.165, 1.54) is 32.5 Å². The van der Waals surface area contributed by atoms with Crippen molar-refractivity contribution in [2.75, 3.05) is 23.3 Å². The Morgan fingerprint density at radius 3 is 2.33 bits per heavy atom. The van der Waals surface area contributed by atoms with Crippen LogP contribution in [0.2, 0.25) is 0 Å². The third-order valence-corrected chi connectivity index (χ3v) is 7.10. The minimum atomic E-state index is -0.511. The van der Waals surface area contributed by atoms with Gasteiger partial charge in [0.1, 0.15) is 11.2 Å². The Kier molecular flexibility index (Phi) is 6.69. The molecule has 3 aromatic rings. The van der Waals surface area contributed by atoms with Crippen molar-refractivity contribution in [2.24, 2.45) is 0 Å². The monoisotopic (exact) mass is 469 g/mol. The molecule has 4 rings (SSSR count). The number of nitrogens with zero attached hydrogens (tertiary/aromatic N) is 4. The number of hydrogen-bond donors (Lipinski definition) is 1. The topological polar surface area (TPSA) is 89.2 Å². The van der Waals surface area contributed by atoms with Crippen LogP contribution in [0.15, 0.2) is 33.9 Å². The number of fused-ring (bicyclic) bond motifs is 1. The Balaban J connectivity index is 1.70. The summed E-state index contributed by atoms with van der Waals surface area (Å²) < 4.78 is 2.96. The van der Waals surface area contributed by atoms with Gasteiger partial charge >= 0.3 is 5.69 Å². The van der Waals surface area contributed by atoms with Crippen LogP contribution in [0.5, 0.6) is 0 Å². The summed E-state index contributed by atoms with van der Waals surface area (Å²) in [6.45, 7) is 9.37. The largest absolute Gasteiger partial charge is 0.348 e. The summed E-state index contributed by atoms with van der Waals surface area (Å²) in [7, 11) is 0. The van der Waals surface area contributed by atoms with Gasteiger partial charge in [0.05, 0.1) is 0 Å². The number of aromatic nitrogens is 3. The second kappa shape index (κ2) is 9.51. The zero-order valence-electron chi connectivity index (χ0n) is 19.6. The Morgan fingerprint density at radius 2 is 1.73 bits per heavy atom. The molecule has 0 unspecified atom stereocenters. The van der Waals surface area contributed by atoms with Crippen LogP contribution in [0.3, 0.4) is 0 Å². The van der Waals surface area contributed by atoms with Gasteiger partial charge in [0.25, 0.3) is 5.56 Å². The number of thiazole rings is 1. The van der Waals surface area contributed by atoms with E-state index in [0.29, 0.717) is 16.3 Å². The average molecular weight is 470 g/mol. The molecular formula is C24H31N5O3S. The molecule has 1 fully saturated rings. The third kappa shape index (κ3) is 4.73. The van der Waals surface area contributed by atoms with E-state index in [4.69, 9.17) is 0 Å². The molecule has 2 aromatic heterocycles. The maximum Gasteiger partial charge on any atom is 0.333 e. The fraction of sp³-hybridized carbons (Fsp3) is 0.500. The fourth-order valence-corrected chi connectivity index (χ4v) is 5.21. The van der Waals surface area contributed by atoms with E-state index in [2.05, 4.69) is 29.0 Å². The lowest BCUT2D eigenvalue weighted by Crippen LogP contribution is -2.42. The number of benzene rings is 1. The highest BCUT2D eigenvalue weighted by molar-refractivity contribution is 7.22. The fourth-order valence-electron chi connectivity index (χ4n) is 4.15. The van der Waals surface area contributed by atoms with Gasteiger partial charge in [-0.15, -0.1) is 0 Å². The SMILES string of the molecule is CC(C)c1ccc(NC(=O)Cn2c(=O)n(C(C)C)c(=O)c3sc(N4CCCCC4)nc32)cc1. The Morgan fingerprint density at radius 1 is 1.06 bits per heavy atom. The molecular weight excluding hydrogens is 438 g/mol. The lowest BCUT2D eigenvalue weighted by molar-refractivity contribution is -0.116. The summed E-state index contributed by atoms with van der Waals surface area (Å²) in [6, 6.07) is 7.35. The first kappa shape index (κ1) is 23.2. The number of amides is 1. The number of carbonyl (C=O) groups excluding carboxylic acids is 1. The standard InChI is InChI=1S/C24H31N5O3S/c1-15(2)17-8-10-18(11-9-17)25-19(30)14-28-21-20(22(31)29(16(3)4)24(28)32)33-23(26-21)27-12-6-5-7-13-27/h8-11,15-16H,5-7,12-14H2,1-4H3,(H,25,30). The van der Waals surface area contributed by atoms with E-state index in [0.717, 1.165) is 31.1 Å². The van der Waals surface area contributed by atoms with Gasteiger partial charge in [-0.25, -0.2) is 9.78 Å². The van der Waals surface area contributed by atoms with Crippen LogP contribution >= 0.6 is 11.3 Å². The van der Waals surface area contributed by atoms with Gasteiger partial charge in [0.2, 0.25) is 5.91 Å². The van der Waals surface area contributed by atoms with Crippen molar-refractivity contribution in [3.05, 3.63) is 50.7 Å². The number of rotatable bonds is 6. The van der Waals surface area contributed by atoms with Crippen LogP contribution < -0.4 is 21.5 Å². The minimum Gasteiger partial charge on any atom is -0.348 e. The van der Waals surface area contributed by atoms with Crippen molar-refractivity contribution in [1.29, 1.82) is 0 Å². The number of anilines is 2. The number of nitrogens with one attached hydrogen (secondary N) is 1. The van der Waals surface area contributed by atoms with Gasteiger partial charge < -0.3 is 10.2 Å². The van der Waals surface area contributed by atoms with Gasteiger partial charge in [0, 0.05) is 24.8 Å². The number of piperidine rings is 1. The lowest BCUT2D eigenvalue weighted by atomic mass is 10.0. The van der Waals surface area contributed by atoms with Crippen LogP contribution in [-0.4, -0.2) is 33.1 Å². The smallest absolute Gasteiger partial charge is 0.333 e. The first-order valence-electron chi connectivity index (χ1n) is 11.6. The minimum absolute atomic E-state index is 0.211.